The Balaban J connectivity index is 2.08. The second-order valence-corrected chi connectivity index (χ2v) is 9.22. The first kappa shape index (κ1) is 18.9. The molecule has 2 aliphatic rings. The Morgan fingerprint density at radius 3 is 2.50 bits per heavy atom. The van der Waals surface area contributed by atoms with E-state index >= 15 is 0 Å². The van der Waals surface area contributed by atoms with Crippen molar-refractivity contribution >= 4 is 12.1 Å². The molecule has 0 aromatic carbocycles. The molecule has 0 aromatic rings. The molecule has 0 spiro atoms. The van der Waals surface area contributed by atoms with Crippen LogP contribution < -0.4 is 5.32 Å². The van der Waals surface area contributed by atoms with Crippen LogP contribution in [0.2, 0.25) is 0 Å². The predicted molar refractivity (Wildman–Crippen MR) is 92.5 cm³/mol. The zero-order valence-corrected chi connectivity index (χ0v) is 15.6. The minimum atomic E-state index is -0.542. The van der Waals surface area contributed by atoms with Gasteiger partial charge < -0.3 is 15.3 Å². The molecular formula is C18H31N3O3. The molecule has 1 saturated carbocycles. The van der Waals surface area contributed by atoms with Crippen molar-refractivity contribution in [3.8, 4) is 0 Å². The van der Waals surface area contributed by atoms with Gasteiger partial charge >= 0.3 is 6.03 Å². The summed E-state index contributed by atoms with van der Waals surface area (Å²) in [5.41, 5.74) is -0.583. The molecule has 1 saturated heterocycles. The monoisotopic (exact) mass is 337 g/mol. The predicted octanol–water partition coefficient (Wildman–Crippen LogP) is 2.46. The normalized spacial score (nSPS) is 34.5. The summed E-state index contributed by atoms with van der Waals surface area (Å²) in [6, 6.07) is -0.0675. The van der Waals surface area contributed by atoms with Gasteiger partial charge in [-0.25, -0.2) is 14.6 Å². The summed E-state index contributed by atoms with van der Waals surface area (Å²) in [6.45, 7) is 11.3. The number of urea groups is 1. The first-order valence-electron chi connectivity index (χ1n) is 8.79. The second kappa shape index (κ2) is 6.49. The molecule has 6 heteroatoms. The van der Waals surface area contributed by atoms with E-state index in [-0.39, 0.29) is 22.9 Å². The highest BCUT2D eigenvalue weighted by molar-refractivity contribution is 5.76. The Hall–Kier alpha value is -1.39. The quantitative estimate of drug-likeness (QED) is 0.613. The van der Waals surface area contributed by atoms with Crippen molar-refractivity contribution in [2.45, 2.75) is 78.0 Å². The number of rotatable bonds is 3. The molecule has 1 aliphatic carbocycles. The summed E-state index contributed by atoms with van der Waals surface area (Å²) in [5.74, 6) is 0. The summed E-state index contributed by atoms with van der Waals surface area (Å²) < 4.78 is 0. The summed E-state index contributed by atoms with van der Waals surface area (Å²) in [7, 11) is 0. The number of aliphatic imine (C=N–C) groups is 1. The van der Waals surface area contributed by atoms with Crippen LogP contribution in [0.15, 0.2) is 4.99 Å². The maximum Gasteiger partial charge on any atom is 0.318 e. The molecule has 2 rings (SSSR count). The van der Waals surface area contributed by atoms with Crippen LogP contribution in [-0.2, 0) is 4.79 Å². The molecule has 0 bridgehead atoms. The van der Waals surface area contributed by atoms with Gasteiger partial charge in [0.2, 0.25) is 6.08 Å². The number of nitrogens with zero attached hydrogens (tertiary/aromatic N) is 2. The van der Waals surface area contributed by atoms with Gasteiger partial charge in [0.25, 0.3) is 0 Å². The van der Waals surface area contributed by atoms with Crippen LogP contribution in [0.4, 0.5) is 4.79 Å². The number of nitrogens with one attached hydrogen (secondary N) is 1. The second-order valence-electron chi connectivity index (χ2n) is 9.22. The van der Waals surface area contributed by atoms with Gasteiger partial charge in [-0.3, -0.25) is 0 Å². The maximum atomic E-state index is 12.7. The number of isocyanates is 1. The largest absolute Gasteiger partial charge is 0.391 e. The topological polar surface area (TPSA) is 82.0 Å². The average Bonchev–Trinajstić information content (AvgIpc) is 2.68. The van der Waals surface area contributed by atoms with Gasteiger partial charge in [-0.2, -0.15) is 0 Å². The molecule has 2 fully saturated rings. The van der Waals surface area contributed by atoms with Crippen molar-refractivity contribution < 1.29 is 14.7 Å². The molecular weight excluding hydrogens is 306 g/mol. The van der Waals surface area contributed by atoms with Gasteiger partial charge in [-0.1, -0.05) is 20.8 Å². The molecule has 1 heterocycles. The van der Waals surface area contributed by atoms with Crippen molar-refractivity contribution in [2.24, 2.45) is 15.8 Å². The van der Waals surface area contributed by atoms with Crippen molar-refractivity contribution in [3.05, 3.63) is 0 Å². The highest BCUT2D eigenvalue weighted by Crippen LogP contribution is 2.46. The van der Waals surface area contributed by atoms with E-state index in [1.807, 2.05) is 13.8 Å². The minimum Gasteiger partial charge on any atom is -0.391 e. The van der Waals surface area contributed by atoms with Crippen LogP contribution >= 0.6 is 0 Å². The van der Waals surface area contributed by atoms with Gasteiger partial charge in [0.1, 0.15) is 0 Å². The first-order valence-corrected chi connectivity index (χ1v) is 8.79. The third-order valence-corrected chi connectivity index (χ3v) is 5.68. The van der Waals surface area contributed by atoms with Gasteiger partial charge in [0, 0.05) is 12.6 Å². The Labute approximate surface area is 144 Å². The Morgan fingerprint density at radius 2 is 1.96 bits per heavy atom. The van der Waals surface area contributed by atoms with E-state index in [1.54, 1.807) is 11.0 Å². The molecule has 0 radical (unpaired) electrons. The van der Waals surface area contributed by atoms with Crippen LogP contribution in [0.5, 0.6) is 0 Å². The lowest BCUT2D eigenvalue weighted by Gasteiger charge is -2.46. The summed E-state index contributed by atoms with van der Waals surface area (Å²) >= 11 is 0. The lowest BCUT2D eigenvalue weighted by atomic mass is 9.62. The van der Waals surface area contributed by atoms with Crippen LogP contribution in [0.25, 0.3) is 0 Å². The zero-order valence-electron chi connectivity index (χ0n) is 15.6. The van der Waals surface area contributed by atoms with E-state index in [0.717, 1.165) is 19.3 Å². The molecule has 1 aliphatic heterocycles. The van der Waals surface area contributed by atoms with Crippen LogP contribution in [-0.4, -0.2) is 52.9 Å². The summed E-state index contributed by atoms with van der Waals surface area (Å²) in [4.78, 5) is 28.8. The van der Waals surface area contributed by atoms with Crippen molar-refractivity contribution in [2.75, 3.05) is 13.1 Å². The average molecular weight is 337 g/mol. The third-order valence-electron chi connectivity index (χ3n) is 5.68. The van der Waals surface area contributed by atoms with Gasteiger partial charge in [0.05, 0.1) is 18.2 Å². The van der Waals surface area contributed by atoms with Crippen LogP contribution in [0.1, 0.15) is 60.3 Å². The minimum absolute atomic E-state index is 0.0432. The molecule has 2 N–H and O–H groups in total. The SMILES string of the molecule is CC1(C)CC(NC(=O)N2CCC(O)C2(C)C)CC(C)(CN=C=O)C1. The van der Waals surface area contributed by atoms with E-state index in [4.69, 9.17) is 0 Å². The zero-order chi connectivity index (χ0) is 18.2. The number of likely N-dealkylation sites (tertiary alicyclic amines) is 1. The molecule has 2 amide bonds. The van der Waals surface area contributed by atoms with Crippen molar-refractivity contribution in [3.63, 3.8) is 0 Å². The van der Waals surface area contributed by atoms with Gasteiger partial charge in [-0.05, 0) is 50.4 Å². The van der Waals surface area contributed by atoms with Crippen molar-refractivity contribution in [1.29, 1.82) is 0 Å². The smallest absolute Gasteiger partial charge is 0.318 e. The van der Waals surface area contributed by atoms with E-state index in [1.165, 1.54) is 0 Å². The summed E-state index contributed by atoms with van der Waals surface area (Å²) in [6.07, 6.45) is 4.42. The lowest BCUT2D eigenvalue weighted by Crippen LogP contribution is -2.56. The van der Waals surface area contributed by atoms with Crippen LogP contribution in [0, 0.1) is 10.8 Å². The number of hydrogen-bond donors (Lipinski definition) is 2. The van der Waals surface area contributed by atoms with E-state index < -0.39 is 11.6 Å². The highest BCUT2D eigenvalue weighted by Gasteiger charge is 2.45. The van der Waals surface area contributed by atoms with Crippen LogP contribution in [0.3, 0.4) is 0 Å². The number of amides is 2. The fraction of sp³-hybridized carbons (Fsp3) is 0.889. The summed E-state index contributed by atoms with van der Waals surface area (Å²) in [5, 5.41) is 13.2. The third kappa shape index (κ3) is 3.98. The van der Waals surface area contributed by atoms with E-state index in [2.05, 4.69) is 31.1 Å². The molecule has 3 atom stereocenters. The highest BCUT2D eigenvalue weighted by atomic mass is 16.3. The fourth-order valence-corrected chi connectivity index (χ4v) is 4.77. The number of hydrogen-bond acceptors (Lipinski definition) is 4. The number of aliphatic hydroxyl groups excluding tert-OH is 1. The number of carbonyl (C=O) groups is 1. The number of carbonyl (C=O) groups excluding carboxylic acids is 2. The molecule has 3 unspecified atom stereocenters. The standard InChI is InChI=1S/C18H31N3O3/c1-16(2)8-13(9-18(5,10-16)11-19-12-22)20-15(24)21-7-6-14(23)17(21,3)4/h13-14,23H,6-11H2,1-5H3,(H,20,24). The molecule has 24 heavy (non-hydrogen) atoms. The molecule has 6 nitrogen and oxygen atoms in total. The maximum absolute atomic E-state index is 12.7. The van der Waals surface area contributed by atoms with Crippen molar-refractivity contribution in [1.82, 2.24) is 10.2 Å². The first-order chi connectivity index (χ1) is 11.0. The molecule has 0 aromatic heterocycles. The number of aliphatic hydroxyl groups is 1. The van der Waals surface area contributed by atoms with Gasteiger partial charge in [-0.15, -0.1) is 0 Å². The fourth-order valence-electron chi connectivity index (χ4n) is 4.77. The van der Waals surface area contributed by atoms with E-state index in [0.29, 0.717) is 19.5 Å². The Morgan fingerprint density at radius 1 is 1.29 bits per heavy atom. The Kier molecular flexibility index (Phi) is 5.12. The van der Waals surface area contributed by atoms with E-state index in [9.17, 15) is 14.7 Å². The van der Waals surface area contributed by atoms with Gasteiger partial charge in [0.15, 0.2) is 0 Å². The lowest BCUT2D eigenvalue weighted by molar-refractivity contribution is 0.0578. The Bertz CT molecular complexity index is 540. The molecule has 136 valence electrons.